The molecule has 0 fully saturated rings. The van der Waals surface area contributed by atoms with Crippen molar-refractivity contribution in [2.24, 2.45) is 5.92 Å². The van der Waals surface area contributed by atoms with Crippen LogP contribution in [0.15, 0.2) is 121 Å². The molecule has 17 heteroatoms. The van der Waals surface area contributed by atoms with E-state index in [1.165, 1.54) is 31.4 Å². The molecule has 6 aromatic rings. The molecule has 0 aliphatic rings. The molecule has 0 spiro atoms. The van der Waals surface area contributed by atoms with E-state index < -0.39 is 48.7 Å². The van der Waals surface area contributed by atoms with Crippen LogP contribution in [-0.4, -0.2) is 48.5 Å². The fourth-order valence-corrected chi connectivity index (χ4v) is 9.25. The number of halogens is 9. The van der Waals surface area contributed by atoms with Crippen molar-refractivity contribution in [1.82, 2.24) is 0 Å². The highest BCUT2D eigenvalue weighted by Gasteiger charge is 2.81. The molecule has 0 bridgehead atoms. The standard InChI is InChI=1S/C57H57F9O7S/c1-3-38(2)16-10-6-7-11-19-49(67)71-44-34-26-42(27-35-44)53(69)73-46-32-22-40(23-33-46)51-48-18-13-12-17-47(48)50(74-51)39-20-30-45(31-21-39)72-52(68)41-24-28-43(29-25-41)70-37-15-9-5-4-8-14-36-54(58,59)55(60,61)56(62,63)57(64,65)66/h12-13,17-18,20-35,38H,3-11,14-16,19,36-37H2,1-2H3/t38-/m0/s1. The summed E-state index contributed by atoms with van der Waals surface area (Å²) in [5.41, 5.74) is 2.39. The van der Waals surface area contributed by atoms with Gasteiger partial charge in [-0.05, 0) is 133 Å². The maximum Gasteiger partial charge on any atom is 0.460 e. The van der Waals surface area contributed by atoms with Gasteiger partial charge in [-0.3, -0.25) is 4.79 Å². The lowest BCUT2D eigenvalue weighted by molar-refractivity contribution is -0.396. The highest BCUT2D eigenvalue weighted by molar-refractivity contribution is 7.21. The third-order valence-corrected chi connectivity index (χ3v) is 13.9. The first-order valence-electron chi connectivity index (χ1n) is 24.6. The van der Waals surface area contributed by atoms with Gasteiger partial charge >= 0.3 is 41.9 Å². The number of hydrogen-bond donors (Lipinski definition) is 0. The third-order valence-electron chi connectivity index (χ3n) is 12.6. The van der Waals surface area contributed by atoms with Gasteiger partial charge in [0.25, 0.3) is 0 Å². The zero-order valence-electron chi connectivity index (χ0n) is 40.9. The lowest BCUT2D eigenvalue weighted by atomic mass is 9.98. The number of hydrogen-bond acceptors (Lipinski definition) is 8. The SMILES string of the molecule is CC[C@H](C)CCCCCCC(=O)Oc1ccc(C(=O)Oc2ccc(-c3sc(-c4ccc(OC(=O)c5ccc(OCCCCCCCCC(F)(F)C(F)(F)C(F)(F)C(F)(F)F)cc5)cc4)c4ccccc34)cc2)cc1. The molecule has 1 heterocycles. The molecule has 0 amide bonds. The van der Waals surface area contributed by atoms with Gasteiger partial charge in [0.1, 0.15) is 23.0 Å². The molecule has 0 saturated carbocycles. The summed E-state index contributed by atoms with van der Waals surface area (Å²) >= 11 is 1.59. The first kappa shape index (κ1) is 56.9. The lowest BCUT2D eigenvalue weighted by Crippen LogP contribution is -2.60. The van der Waals surface area contributed by atoms with Crippen LogP contribution in [0.3, 0.4) is 0 Å². The Bertz CT molecular complexity index is 2760. The molecule has 0 saturated heterocycles. The summed E-state index contributed by atoms with van der Waals surface area (Å²) in [4.78, 5) is 40.4. The van der Waals surface area contributed by atoms with Crippen molar-refractivity contribution in [3.8, 4) is 43.9 Å². The molecule has 0 unspecified atom stereocenters. The largest absolute Gasteiger partial charge is 0.494 e. The summed E-state index contributed by atoms with van der Waals surface area (Å²) in [5.74, 6) is -18.2. The summed E-state index contributed by atoms with van der Waals surface area (Å²) < 4.78 is 140. The molecule has 74 heavy (non-hydrogen) atoms. The lowest BCUT2D eigenvalue weighted by Gasteiger charge is -2.33. The van der Waals surface area contributed by atoms with E-state index >= 15 is 0 Å². The number of benzene rings is 5. The number of carbonyl (C=O) groups is 3. The topological polar surface area (TPSA) is 88.1 Å². The number of fused-ring (bicyclic) bond motifs is 1. The van der Waals surface area contributed by atoms with Crippen LogP contribution >= 0.6 is 11.3 Å². The van der Waals surface area contributed by atoms with E-state index in [4.69, 9.17) is 18.9 Å². The minimum absolute atomic E-state index is 0.0695. The summed E-state index contributed by atoms with van der Waals surface area (Å²) in [7, 11) is 0. The molecular weight excluding hydrogens is 1000 g/mol. The summed E-state index contributed by atoms with van der Waals surface area (Å²) in [6, 6.07) is 34.9. The fraction of sp³-hybridized carbons (Fsp3) is 0.386. The minimum atomic E-state index is -6.87. The molecule has 6 rings (SSSR count). The van der Waals surface area contributed by atoms with Crippen LogP contribution in [0.4, 0.5) is 39.5 Å². The van der Waals surface area contributed by atoms with Crippen LogP contribution in [0.2, 0.25) is 0 Å². The molecule has 396 valence electrons. The Hall–Kier alpha value is -6.36. The normalized spacial score (nSPS) is 12.6. The molecule has 0 aliphatic carbocycles. The van der Waals surface area contributed by atoms with Crippen LogP contribution < -0.4 is 18.9 Å². The Morgan fingerprint density at radius 2 is 0.932 bits per heavy atom. The second-order valence-corrected chi connectivity index (χ2v) is 19.2. The van der Waals surface area contributed by atoms with Gasteiger partial charge < -0.3 is 18.9 Å². The molecule has 5 aromatic carbocycles. The van der Waals surface area contributed by atoms with Crippen molar-refractivity contribution < 1.29 is 72.8 Å². The first-order chi connectivity index (χ1) is 35.2. The van der Waals surface area contributed by atoms with Crippen LogP contribution in [0.5, 0.6) is 23.0 Å². The van der Waals surface area contributed by atoms with E-state index in [9.17, 15) is 53.9 Å². The summed E-state index contributed by atoms with van der Waals surface area (Å²) in [5, 5.41) is 2.05. The monoisotopic (exact) mass is 1060 g/mol. The van der Waals surface area contributed by atoms with Gasteiger partial charge in [0.15, 0.2) is 0 Å². The Balaban J connectivity index is 0.929. The average molecular weight is 1060 g/mol. The molecule has 7 nitrogen and oxygen atoms in total. The van der Waals surface area contributed by atoms with Gasteiger partial charge in [-0.15, -0.1) is 11.3 Å². The van der Waals surface area contributed by atoms with Crippen molar-refractivity contribution in [3.05, 3.63) is 132 Å². The van der Waals surface area contributed by atoms with Crippen LogP contribution in [-0.2, 0) is 4.79 Å². The van der Waals surface area contributed by atoms with Gasteiger partial charge in [0.05, 0.1) is 17.7 Å². The Labute approximate surface area is 428 Å². The highest BCUT2D eigenvalue weighted by atomic mass is 32.1. The number of esters is 3. The summed E-state index contributed by atoms with van der Waals surface area (Å²) in [6.45, 7) is 4.70. The van der Waals surface area contributed by atoms with Gasteiger partial charge in [-0.25, -0.2) is 9.59 Å². The molecule has 1 atom stereocenters. The Morgan fingerprint density at radius 1 is 0.500 bits per heavy atom. The van der Waals surface area contributed by atoms with E-state index in [0.717, 1.165) is 56.8 Å². The third kappa shape index (κ3) is 14.9. The number of rotatable bonds is 27. The molecule has 1 aromatic heterocycles. The van der Waals surface area contributed by atoms with Gasteiger partial charge in [0, 0.05) is 33.4 Å². The van der Waals surface area contributed by atoms with Crippen molar-refractivity contribution in [1.29, 1.82) is 0 Å². The van der Waals surface area contributed by atoms with E-state index in [-0.39, 0.29) is 31.0 Å². The second-order valence-electron chi connectivity index (χ2n) is 18.2. The number of alkyl halides is 9. The number of unbranched alkanes of at least 4 members (excludes halogenated alkanes) is 8. The number of carbonyl (C=O) groups excluding carboxylic acids is 3. The molecular formula is C57H57F9O7S. The molecule has 0 radical (unpaired) electrons. The first-order valence-corrected chi connectivity index (χ1v) is 25.4. The second kappa shape index (κ2) is 25.7. The fourth-order valence-electron chi connectivity index (χ4n) is 7.96. The average Bonchev–Trinajstić information content (AvgIpc) is 3.76. The summed E-state index contributed by atoms with van der Waals surface area (Å²) in [6.07, 6.45) is -0.831. The van der Waals surface area contributed by atoms with E-state index in [0.29, 0.717) is 54.2 Å². The Morgan fingerprint density at radius 3 is 1.43 bits per heavy atom. The van der Waals surface area contributed by atoms with Crippen LogP contribution in [0.25, 0.3) is 31.7 Å². The quantitative estimate of drug-likeness (QED) is 0.0220. The predicted molar refractivity (Wildman–Crippen MR) is 267 cm³/mol. The predicted octanol–water partition coefficient (Wildman–Crippen LogP) is 17.5. The minimum Gasteiger partial charge on any atom is -0.494 e. The highest BCUT2D eigenvalue weighted by Crippen LogP contribution is 2.54. The maximum atomic E-state index is 13.7. The van der Waals surface area contributed by atoms with Crippen molar-refractivity contribution in [2.45, 2.75) is 128 Å². The number of ether oxygens (including phenoxy) is 4. The molecule has 0 N–H and O–H groups in total. The van der Waals surface area contributed by atoms with E-state index in [2.05, 4.69) is 13.8 Å². The Kier molecular flexibility index (Phi) is 19.8. The van der Waals surface area contributed by atoms with E-state index in [1.54, 1.807) is 72.0 Å². The van der Waals surface area contributed by atoms with Gasteiger partial charge in [0.2, 0.25) is 0 Å². The van der Waals surface area contributed by atoms with E-state index in [1.807, 2.05) is 48.5 Å². The smallest absolute Gasteiger partial charge is 0.460 e. The van der Waals surface area contributed by atoms with Crippen molar-refractivity contribution >= 4 is 40.0 Å². The maximum absolute atomic E-state index is 13.7. The number of thiophene rings is 1. The van der Waals surface area contributed by atoms with Crippen LogP contribution in [0.1, 0.15) is 124 Å². The van der Waals surface area contributed by atoms with Crippen molar-refractivity contribution in [2.75, 3.05) is 6.61 Å². The molecule has 0 aliphatic heterocycles. The van der Waals surface area contributed by atoms with Crippen molar-refractivity contribution in [3.63, 3.8) is 0 Å². The van der Waals surface area contributed by atoms with Gasteiger partial charge in [-0.2, -0.15) is 39.5 Å². The van der Waals surface area contributed by atoms with Gasteiger partial charge in [-0.1, -0.05) is 95.9 Å². The zero-order chi connectivity index (χ0) is 53.5. The van der Waals surface area contributed by atoms with Crippen LogP contribution in [0, 0.1) is 5.92 Å². The zero-order valence-corrected chi connectivity index (χ0v) is 41.7.